The van der Waals surface area contributed by atoms with E-state index in [2.05, 4.69) is 26.3 Å². The highest BCUT2D eigenvalue weighted by molar-refractivity contribution is 5.89. The largest absolute Gasteiger partial charge is 0.235 e. The molecule has 0 saturated carbocycles. The highest BCUT2D eigenvalue weighted by Gasteiger charge is 2.07. The number of hydrogen-bond donors (Lipinski definition) is 0. The lowest BCUT2D eigenvalue weighted by molar-refractivity contribution is 1.12. The van der Waals surface area contributed by atoms with Crippen LogP contribution in [0.25, 0.3) is 22.4 Å². The third-order valence-electron chi connectivity index (χ3n) is 2.27. The smallest absolute Gasteiger partial charge is 0.199 e. The fraction of sp³-hybridized carbons (Fsp3) is 0. The average molecular weight is 207 g/mol. The Morgan fingerprint density at radius 1 is 0.875 bits per heavy atom. The molecule has 1 aromatic carbocycles. The number of fused-ring (bicyclic) bond motifs is 1. The van der Waals surface area contributed by atoms with E-state index >= 15 is 0 Å². The van der Waals surface area contributed by atoms with Gasteiger partial charge in [0, 0.05) is 17.8 Å². The summed E-state index contributed by atoms with van der Waals surface area (Å²) in [7, 11) is 0. The van der Waals surface area contributed by atoms with Gasteiger partial charge in [0.2, 0.25) is 0 Å². The second-order valence-electron chi connectivity index (χ2n) is 3.26. The van der Waals surface area contributed by atoms with Crippen LogP contribution in [0.1, 0.15) is 0 Å². The summed E-state index contributed by atoms with van der Waals surface area (Å²) in [5, 5.41) is 0.937. The predicted molar refractivity (Wildman–Crippen MR) is 59.4 cm³/mol. The lowest BCUT2D eigenvalue weighted by atomic mass is 10.2. The van der Waals surface area contributed by atoms with Gasteiger partial charge >= 0.3 is 0 Å². The Kier molecular flexibility index (Phi) is 2.04. The van der Waals surface area contributed by atoms with Crippen LogP contribution in [0.4, 0.5) is 0 Å². The van der Waals surface area contributed by atoms with Crippen LogP contribution in [-0.2, 0) is 0 Å². The third kappa shape index (κ3) is 1.40. The van der Waals surface area contributed by atoms with E-state index in [0.29, 0.717) is 11.5 Å². The molecule has 4 nitrogen and oxygen atoms in total. The maximum atomic E-state index is 4.18. The van der Waals surface area contributed by atoms with Crippen molar-refractivity contribution in [1.29, 1.82) is 0 Å². The Morgan fingerprint density at radius 2 is 1.69 bits per heavy atom. The molecule has 0 spiro atoms. The molecule has 0 unspecified atom stereocenters. The minimum atomic E-state index is 0.595. The molecular formula is C12H7N4. The molecule has 1 radical (unpaired) electrons. The van der Waals surface area contributed by atoms with Gasteiger partial charge in [-0.15, -0.1) is 0 Å². The van der Waals surface area contributed by atoms with Crippen molar-refractivity contribution in [2.45, 2.75) is 0 Å². The molecule has 0 bridgehead atoms. The number of rotatable bonds is 1. The van der Waals surface area contributed by atoms with Gasteiger partial charge in [-0.1, -0.05) is 18.2 Å². The monoisotopic (exact) mass is 207 g/mol. The summed E-state index contributed by atoms with van der Waals surface area (Å²) in [6.45, 7) is 0. The van der Waals surface area contributed by atoms with Crippen LogP contribution in [0.5, 0.6) is 0 Å². The zero-order valence-electron chi connectivity index (χ0n) is 8.33. The summed E-state index contributed by atoms with van der Waals surface area (Å²) in [4.78, 5) is 16.5. The fourth-order valence-electron chi connectivity index (χ4n) is 1.55. The summed E-state index contributed by atoms with van der Waals surface area (Å²) >= 11 is 0. The lowest BCUT2D eigenvalue weighted by Gasteiger charge is -2.01. The summed E-state index contributed by atoms with van der Waals surface area (Å²) in [5.41, 5.74) is 1.56. The van der Waals surface area contributed by atoms with Crippen LogP contribution in [0, 0.1) is 6.33 Å². The van der Waals surface area contributed by atoms with Crippen molar-refractivity contribution < 1.29 is 0 Å². The minimum Gasteiger partial charge on any atom is -0.235 e. The summed E-state index contributed by atoms with van der Waals surface area (Å²) in [6.07, 6.45) is 6.01. The molecule has 0 amide bonds. The van der Waals surface area contributed by atoms with Crippen LogP contribution in [0.15, 0.2) is 42.7 Å². The van der Waals surface area contributed by atoms with Crippen LogP contribution in [0.3, 0.4) is 0 Å². The third-order valence-corrected chi connectivity index (χ3v) is 2.27. The molecule has 0 N–H and O–H groups in total. The number of nitrogens with zero attached hydrogens (tertiary/aromatic N) is 4. The van der Waals surface area contributed by atoms with Crippen molar-refractivity contribution in [2.75, 3.05) is 0 Å². The number of aromatic nitrogens is 4. The minimum absolute atomic E-state index is 0.595. The number of hydrogen-bond acceptors (Lipinski definition) is 4. The Bertz CT molecular complexity index is 617. The normalized spacial score (nSPS) is 10.5. The van der Waals surface area contributed by atoms with E-state index < -0.39 is 0 Å². The fourth-order valence-corrected chi connectivity index (χ4v) is 1.55. The molecule has 3 rings (SSSR count). The van der Waals surface area contributed by atoms with Gasteiger partial charge < -0.3 is 0 Å². The topological polar surface area (TPSA) is 51.6 Å². The summed E-state index contributed by atoms with van der Waals surface area (Å²) < 4.78 is 0. The molecule has 0 aliphatic heterocycles. The molecule has 4 heteroatoms. The van der Waals surface area contributed by atoms with Crippen molar-refractivity contribution >= 4 is 10.9 Å². The van der Waals surface area contributed by atoms with Gasteiger partial charge in [0.15, 0.2) is 12.2 Å². The van der Waals surface area contributed by atoms with Crippen molar-refractivity contribution in [3.05, 3.63) is 49.1 Å². The molecule has 0 aliphatic carbocycles. The van der Waals surface area contributed by atoms with Gasteiger partial charge in [-0.3, -0.25) is 0 Å². The zero-order chi connectivity index (χ0) is 10.8. The first-order valence-corrected chi connectivity index (χ1v) is 4.85. The van der Waals surface area contributed by atoms with Crippen molar-refractivity contribution in [3.8, 4) is 11.5 Å². The van der Waals surface area contributed by atoms with Crippen molar-refractivity contribution in [2.24, 2.45) is 0 Å². The van der Waals surface area contributed by atoms with Crippen molar-refractivity contribution in [1.82, 2.24) is 19.9 Å². The Hall–Kier alpha value is -2.36. The first-order valence-electron chi connectivity index (χ1n) is 4.85. The zero-order valence-corrected chi connectivity index (χ0v) is 8.33. The highest BCUT2D eigenvalue weighted by Crippen LogP contribution is 2.20. The molecule has 0 aliphatic rings. The maximum Gasteiger partial charge on any atom is 0.199 e. The SMILES string of the molecule is [c]1nc(-c2ncccn2)c2ccccc2n1. The van der Waals surface area contributed by atoms with E-state index in [1.807, 2.05) is 24.3 Å². The number of para-hydroxylation sites is 1. The van der Waals surface area contributed by atoms with E-state index in [4.69, 9.17) is 0 Å². The van der Waals surface area contributed by atoms with Gasteiger partial charge in [-0.2, -0.15) is 0 Å². The Labute approximate surface area is 92.0 Å². The van der Waals surface area contributed by atoms with Crippen LogP contribution >= 0.6 is 0 Å². The van der Waals surface area contributed by atoms with E-state index in [9.17, 15) is 0 Å². The number of benzene rings is 1. The van der Waals surface area contributed by atoms with Gasteiger partial charge in [0.25, 0.3) is 0 Å². The molecular weight excluding hydrogens is 200 g/mol. The molecule has 3 aromatic rings. The van der Waals surface area contributed by atoms with E-state index in [1.165, 1.54) is 0 Å². The van der Waals surface area contributed by atoms with E-state index in [0.717, 1.165) is 10.9 Å². The second kappa shape index (κ2) is 3.66. The quantitative estimate of drug-likeness (QED) is 0.611. The first-order chi connectivity index (χ1) is 7.95. The molecule has 2 heterocycles. The Balaban J connectivity index is 2.32. The second-order valence-corrected chi connectivity index (χ2v) is 3.26. The van der Waals surface area contributed by atoms with Crippen LogP contribution < -0.4 is 0 Å². The molecule has 0 saturated heterocycles. The molecule has 0 atom stereocenters. The predicted octanol–water partition coefficient (Wildman–Crippen LogP) is 1.89. The van der Waals surface area contributed by atoms with Gasteiger partial charge in [0.05, 0.1) is 5.52 Å². The first kappa shape index (κ1) is 8.91. The lowest BCUT2D eigenvalue weighted by Crippen LogP contribution is -1.93. The van der Waals surface area contributed by atoms with E-state index in [-0.39, 0.29) is 0 Å². The highest BCUT2D eigenvalue weighted by atomic mass is 14.9. The van der Waals surface area contributed by atoms with Crippen molar-refractivity contribution in [3.63, 3.8) is 0 Å². The maximum absolute atomic E-state index is 4.18. The molecule has 16 heavy (non-hydrogen) atoms. The van der Waals surface area contributed by atoms with Crippen LogP contribution in [0.2, 0.25) is 0 Å². The van der Waals surface area contributed by atoms with Gasteiger partial charge in [-0.25, -0.2) is 19.9 Å². The average Bonchev–Trinajstić information content (AvgIpc) is 2.39. The van der Waals surface area contributed by atoms with Gasteiger partial charge in [0.1, 0.15) is 5.69 Å². The van der Waals surface area contributed by atoms with Crippen LogP contribution in [-0.4, -0.2) is 19.9 Å². The molecule has 75 valence electrons. The molecule has 2 aromatic heterocycles. The Morgan fingerprint density at radius 3 is 2.56 bits per heavy atom. The summed E-state index contributed by atoms with van der Waals surface area (Å²) in [6, 6.07) is 9.52. The summed E-state index contributed by atoms with van der Waals surface area (Å²) in [5.74, 6) is 0.595. The standard InChI is InChI=1S/C12H7N4/c1-2-5-10-9(4-1)11(16-8-15-10)12-13-6-3-7-14-12/h1-7H. The van der Waals surface area contributed by atoms with E-state index in [1.54, 1.807) is 18.5 Å². The molecule has 0 fully saturated rings. The van der Waals surface area contributed by atoms with Gasteiger partial charge in [-0.05, 0) is 12.1 Å².